The summed E-state index contributed by atoms with van der Waals surface area (Å²) in [6.45, 7) is 1.66. The van der Waals surface area contributed by atoms with Crippen LogP contribution in [-0.4, -0.2) is 11.1 Å². The zero-order valence-electron chi connectivity index (χ0n) is 9.10. The molecule has 2 nitrogen and oxygen atoms in total. The molecule has 0 aliphatic rings. The molecule has 0 fully saturated rings. The smallest absolute Gasteiger partial charge is 0.310 e. The Morgan fingerprint density at radius 3 is 2.56 bits per heavy atom. The van der Waals surface area contributed by atoms with Gasteiger partial charge in [0.1, 0.15) is 0 Å². The summed E-state index contributed by atoms with van der Waals surface area (Å²) < 4.78 is 0. The molecular weight excluding hydrogens is 200 g/mol. The largest absolute Gasteiger partial charge is 0.481 e. The highest BCUT2D eigenvalue weighted by molar-refractivity contribution is 5.88. The Morgan fingerprint density at radius 2 is 1.81 bits per heavy atom. The molecule has 1 N–H and O–H groups in total. The van der Waals surface area contributed by atoms with Crippen molar-refractivity contribution in [3.8, 4) is 0 Å². The molecule has 0 saturated carbocycles. The van der Waals surface area contributed by atoms with Crippen molar-refractivity contribution in [1.29, 1.82) is 0 Å². The van der Waals surface area contributed by atoms with Crippen LogP contribution in [0, 0.1) is 5.92 Å². The van der Waals surface area contributed by atoms with Crippen molar-refractivity contribution < 1.29 is 9.90 Å². The highest BCUT2D eigenvalue weighted by atomic mass is 16.4. The fourth-order valence-electron chi connectivity index (χ4n) is 1.81. The van der Waals surface area contributed by atoms with Crippen molar-refractivity contribution in [3.05, 3.63) is 53.9 Å². The summed E-state index contributed by atoms with van der Waals surface area (Å²) in [5.41, 5.74) is 1.07. The minimum absolute atomic E-state index is 0.469. The lowest BCUT2D eigenvalue weighted by Gasteiger charge is -2.08. The summed E-state index contributed by atoms with van der Waals surface area (Å²) in [6.07, 6.45) is 0.497. The van der Waals surface area contributed by atoms with Crippen LogP contribution >= 0.6 is 0 Å². The van der Waals surface area contributed by atoms with E-state index in [2.05, 4.69) is 0 Å². The van der Waals surface area contributed by atoms with E-state index in [-0.39, 0.29) is 0 Å². The normalized spacial score (nSPS) is 10.9. The number of aliphatic carboxylic acids is 1. The molecule has 0 aromatic heterocycles. The van der Waals surface area contributed by atoms with Crippen LogP contribution in [0.1, 0.15) is 12.5 Å². The first-order valence-electron chi connectivity index (χ1n) is 5.21. The Bertz CT molecular complexity index is 512. The van der Waals surface area contributed by atoms with Crippen molar-refractivity contribution in [3.63, 3.8) is 0 Å². The van der Waals surface area contributed by atoms with Crippen molar-refractivity contribution in [2.45, 2.75) is 13.3 Å². The van der Waals surface area contributed by atoms with E-state index in [4.69, 9.17) is 5.11 Å². The zero-order chi connectivity index (χ0) is 11.5. The van der Waals surface area contributed by atoms with Crippen LogP contribution in [0.5, 0.6) is 0 Å². The molecule has 16 heavy (non-hydrogen) atoms. The average molecular weight is 213 g/mol. The van der Waals surface area contributed by atoms with Gasteiger partial charge < -0.3 is 5.11 Å². The molecule has 2 heteroatoms. The van der Waals surface area contributed by atoms with Crippen molar-refractivity contribution in [1.82, 2.24) is 0 Å². The van der Waals surface area contributed by atoms with Crippen LogP contribution in [0.3, 0.4) is 0 Å². The summed E-state index contributed by atoms with van der Waals surface area (Å²) >= 11 is 0. The molecule has 2 aromatic carbocycles. The fourth-order valence-corrected chi connectivity index (χ4v) is 1.81. The summed E-state index contributed by atoms with van der Waals surface area (Å²) in [7, 11) is 0. The van der Waals surface area contributed by atoms with Crippen molar-refractivity contribution in [2.24, 2.45) is 0 Å². The standard InChI is InChI=1S/C14H13O2/c1-10(14(15)16)9-12-7-4-6-11-5-2-3-8-13(11)12/h2-8H,9H2,1H3,(H,15,16). The molecule has 1 radical (unpaired) electrons. The predicted octanol–water partition coefficient (Wildman–Crippen LogP) is 3.06. The Hall–Kier alpha value is -1.83. The lowest BCUT2D eigenvalue weighted by atomic mass is 9.96. The quantitative estimate of drug-likeness (QED) is 0.850. The molecule has 0 unspecified atom stereocenters. The third-order valence-electron chi connectivity index (χ3n) is 2.70. The van der Waals surface area contributed by atoms with Gasteiger partial charge in [0, 0.05) is 0 Å². The molecule has 0 atom stereocenters. The highest BCUT2D eigenvalue weighted by Crippen LogP contribution is 2.21. The molecule has 81 valence electrons. The topological polar surface area (TPSA) is 37.3 Å². The summed E-state index contributed by atoms with van der Waals surface area (Å²) in [4.78, 5) is 10.8. The Balaban J connectivity index is 2.41. The van der Waals surface area contributed by atoms with Gasteiger partial charge in [0.2, 0.25) is 0 Å². The number of hydrogen-bond acceptors (Lipinski definition) is 1. The van der Waals surface area contributed by atoms with Gasteiger partial charge in [0.05, 0.1) is 5.92 Å². The Labute approximate surface area is 94.5 Å². The van der Waals surface area contributed by atoms with Gasteiger partial charge in [-0.15, -0.1) is 0 Å². The van der Waals surface area contributed by atoms with Crippen LogP contribution in [0.15, 0.2) is 42.5 Å². The van der Waals surface area contributed by atoms with Crippen LogP contribution in [-0.2, 0) is 11.2 Å². The minimum atomic E-state index is -0.826. The summed E-state index contributed by atoms with van der Waals surface area (Å²) in [6, 6.07) is 14.0. The van der Waals surface area contributed by atoms with Gasteiger partial charge in [-0.3, -0.25) is 4.79 Å². The van der Waals surface area contributed by atoms with E-state index in [1.54, 1.807) is 6.92 Å². The molecular formula is C14H13O2. The molecule has 0 bridgehead atoms. The minimum Gasteiger partial charge on any atom is -0.481 e. The molecule has 0 spiro atoms. The average Bonchev–Trinajstić information content (AvgIpc) is 2.29. The first kappa shape index (κ1) is 10.7. The van der Waals surface area contributed by atoms with Crippen molar-refractivity contribution >= 4 is 16.7 Å². The first-order chi connectivity index (χ1) is 7.68. The maximum absolute atomic E-state index is 10.8. The lowest BCUT2D eigenvalue weighted by molar-refractivity contribution is -0.134. The number of carboxylic acid groups (broad SMARTS) is 1. The first-order valence-corrected chi connectivity index (χ1v) is 5.21. The molecule has 2 rings (SSSR count). The predicted molar refractivity (Wildman–Crippen MR) is 64.2 cm³/mol. The fraction of sp³-hybridized carbons (Fsp3) is 0.143. The van der Waals surface area contributed by atoms with Crippen LogP contribution in [0.4, 0.5) is 0 Å². The van der Waals surface area contributed by atoms with Gasteiger partial charge >= 0.3 is 5.97 Å². The summed E-state index contributed by atoms with van der Waals surface area (Å²) in [5.74, 6) is -0.357. The van der Waals surface area contributed by atoms with E-state index in [1.807, 2.05) is 42.5 Å². The second-order valence-electron chi connectivity index (χ2n) is 3.90. The van der Waals surface area contributed by atoms with Crippen molar-refractivity contribution in [2.75, 3.05) is 0 Å². The lowest BCUT2D eigenvalue weighted by Crippen LogP contribution is -2.10. The molecule has 0 amide bonds. The van der Waals surface area contributed by atoms with E-state index in [1.165, 1.54) is 0 Å². The monoisotopic (exact) mass is 213 g/mol. The van der Waals surface area contributed by atoms with E-state index in [9.17, 15) is 4.79 Å². The highest BCUT2D eigenvalue weighted by Gasteiger charge is 2.13. The number of benzene rings is 2. The molecule has 0 heterocycles. The number of hydrogen-bond donors (Lipinski definition) is 1. The molecule has 2 aromatic rings. The van der Waals surface area contributed by atoms with E-state index in [0.29, 0.717) is 12.3 Å². The maximum Gasteiger partial charge on any atom is 0.310 e. The summed E-state index contributed by atoms with van der Waals surface area (Å²) in [5, 5.41) is 11.2. The van der Waals surface area contributed by atoms with Crippen LogP contribution < -0.4 is 0 Å². The van der Waals surface area contributed by atoms with Gasteiger partial charge in [0.25, 0.3) is 0 Å². The third-order valence-corrected chi connectivity index (χ3v) is 2.70. The number of rotatable bonds is 3. The molecule has 0 saturated heterocycles. The van der Waals surface area contributed by atoms with E-state index < -0.39 is 5.97 Å². The van der Waals surface area contributed by atoms with Gasteiger partial charge in [0.15, 0.2) is 0 Å². The van der Waals surface area contributed by atoms with Gasteiger partial charge in [-0.05, 0) is 29.7 Å². The maximum atomic E-state index is 10.8. The van der Waals surface area contributed by atoms with E-state index >= 15 is 0 Å². The Morgan fingerprint density at radius 1 is 1.12 bits per heavy atom. The van der Waals surface area contributed by atoms with Gasteiger partial charge in [-0.2, -0.15) is 0 Å². The van der Waals surface area contributed by atoms with Crippen LogP contribution in [0.2, 0.25) is 0 Å². The Kier molecular flexibility index (Phi) is 2.91. The second-order valence-corrected chi connectivity index (χ2v) is 3.90. The van der Waals surface area contributed by atoms with Gasteiger partial charge in [-0.25, -0.2) is 0 Å². The van der Waals surface area contributed by atoms with Gasteiger partial charge in [-0.1, -0.05) is 42.5 Å². The van der Waals surface area contributed by atoms with E-state index in [0.717, 1.165) is 16.3 Å². The molecule has 0 aliphatic carbocycles. The third kappa shape index (κ3) is 2.06. The SMILES string of the molecule is C[C](Cc1cccc2ccccc12)C(=O)O. The number of fused-ring (bicyclic) bond motifs is 1. The van der Waals surface area contributed by atoms with Crippen LogP contribution in [0.25, 0.3) is 10.8 Å². The number of carbonyl (C=O) groups is 1. The molecule has 0 aliphatic heterocycles. The zero-order valence-corrected chi connectivity index (χ0v) is 9.10. The second kappa shape index (κ2) is 4.35. The number of carboxylic acids is 1.